The van der Waals surface area contributed by atoms with Crippen molar-refractivity contribution in [3.8, 4) is 0 Å². The topological polar surface area (TPSA) is 131 Å². The number of ether oxygens (including phenoxy) is 1. The molecule has 1 heterocycles. The van der Waals surface area contributed by atoms with Gasteiger partial charge in [-0.25, -0.2) is 4.79 Å². The molecule has 2 rings (SSSR count). The number of alkyl carbamates (subject to hydrolysis) is 1. The van der Waals surface area contributed by atoms with E-state index < -0.39 is 39.6 Å². The standard InChI is InChI=1S/C24H35N3O6S/c1-16(2)12-20(22(30)26-18(14-28)13-17-10-11-25-21(17)29)27-23(31)33-15-24(3,4)34(32)19-8-6-5-7-9-19/h5-9,14,16-18,20H,10-13,15H2,1-4H3,(H,25,29)(H,26,30)(H,27,31)/t17-,18-,20-,34?/m0/s1. The normalized spacial score (nSPS) is 18.5. The third-order valence-electron chi connectivity index (χ3n) is 5.52. The van der Waals surface area contributed by atoms with Crippen LogP contribution >= 0.6 is 0 Å². The van der Waals surface area contributed by atoms with Gasteiger partial charge in [0.1, 0.15) is 18.9 Å². The molecule has 1 aromatic carbocycles. The predicted molar refractivity (Wildman–Crippen MR) is 128 cm³/mol. The van der Waals surface area contributed by atoms with E-state index in [0.717, 1.165) is 0 Å². The molecule has 0 aliphatic carbocycles. The third-order valence-corrected chi connectivity index (χ3v) is 7.34. The van der Waals surface area contributed by atoms with E-state index in [1.807, 2.05) is 19.9 Å². The first-order valence-corrected chi connectivity index (χ1v) is 12.6. The maximum atomic E-state index is 12.8. The Kier molecular flexibility index (Phi) is 10.2. The summed E-state index contributed by atoms with van der Waals surface area (Å²) in [5.74, 6) is -0.900. The minimum atomic E-state index is -1.41. The minimum absolute atomic E-state index is 0.0772. The van der Waals surface area contributed by atoms with Gasteiger partial charge in [0.15, 0.2) is 0 Å². The van der Waals surface area contributed by atoms with Gasteiger partial charge in [0.05, 0.1) is 21.6 Å². The maximum Gasteiger partial charge on any atom is 0.407 e. The van der Waals surface area contributed by atoms with Crippen LogP contribution in [0.2, 0.25) is 0 Å². The minimum Gasteiger partial charge on any atom is -0.448 e. The maximum absolute atomic E-state index is 12.8. The Hall–Kier alpha value is -2.75. The van der Waals surface area contributed by atoms with Crippen molar-refractivity contribution in [1.29, 1.82) is 0 Å². The molecular weight excluding hydrogens is 458 g/mol. The average molecular weight is 494 g/mol. The number of carbonyl (C=O) groups excluding carboxylic acids is 4. The third kappa shape index (κ3) is 8.23. The fraction of sp³-hybridized carbons (Fsp3) is 0.583. The summed E-state index contributed by atoms with van der Waals surface area (Å²) in [5, 5.41) is 7.90. The highest BCUT2D eigenvalue weighted by Gasteiger charge is 2.32. The molecule has 0 aromatic heterocycles. The number of hydrogen-bond donors (Lipinski definition) is 3. The number of rotatable bonds is 12. The summed E-state index contributed by atoms with van der Waals surface area (Å²) >= 11 is 0. The first-order valence-electron chi connectivity index (χ1n) is 11.5. The second-order valence-corrected chi connectivity index (χ2v) is 11.6. The smallest absolute Gasteiger partial charge is 0.407 e. The molecule has 34 heavy (non-hydrogen) atoms. The largest absolute Gasteiger partial charge is 0.448 e. The van der Waals surface area contributed by atoms with E-state index in [2.05, 4.69) is 16.0 Å². The van der Waals surface area contributed by atoms with Crippen LogP contribution in [0.5, 0.6) is 0 Å². The van der Waals surface area contributed by atoms with Gasteiger partial charge in [-0.15, -0.1) is 0 Å². The van der Waals surface area contributed by atoms with Crippen molar-refractivity contribution in [3.05, 3.63) is 30.3 Å². The number of hydrogen-bond acceptors (Lipinski definition) is 6. The van der Waals surface area contributed by atoms with Gasteiger partial charge < -0.3 is 25.5 Å². The van der Waals surface area contributed by atoms with E-state index in [9.17, 15) is 23.4 Å². The van der Waals surface area contributed by atoms with Crippen LogP contribution in [0.25, 0.3) is 0 Å². The zero-order valence-corrected chi connectivity index (χ0v) is 21.0. The number of benzene rings is 1. The van der Waals surface area contributed by atoms with Crippen LogP contribution in [-0.4, -0.2) is 58.4 Å². The lowest BCUT2D eigenvalue weighted by atomic mass is 9.98. The summed E-state index contributed by atoms with van der Waals surface area (Å²) in [6.07, 6.45) is 0.945. The van der Waals surface area contributed by atoms with Crippen molar-refractivity contribution >= 4 is 35.0 Å². The highest BCUT2D eigenvalue weighted by molar-refractivity contribution is 7.86. The first-order chi connectivity index (χ1) is 16.0. The number of carbonyl (C=O) groups is 4. The van der Waals surface area contributed by atoms with Crippen molar-refractivity contribution in [2.45, 2.75) is 68.7 Å². The molecular formula is C24H35N3O6S. The lowest BCUT2D eigenvalue weighted by Gasteiger charge is -2.25. The van der Waals surface area contributed by atoms with Crippen LogP contribution in [0.3, 0.4) is 0 Å². The van der Waals surface area contributed by atoms with Crippen molar-refractivity contribution in [2.24, 2.45) is 11.8 Å². The number of amides is 3. The zero-order valence-electron chi connectivity index (χ0n) is 20.2. The fourth-order valence-corrected chi connectivity index (χ4v) is 4.86. The molecule has 1 aliphatic rings. The summed E-state index contributed by atoms with van der Waals surface area (Å²) in [6, 6.07) is 7.15. The van der Waals surface area contributed by atoms with Crippen molar-refractivity contribution in [3.63, 3.8) is 0 Å². The summed E-state index contributed by atoms with van der Waals surface area (Å²) in [4.78, 5) is 49.3. The lowest BCUT2D eigenvalue weighted by Crippen LogP contribution is -2.51. The Labute approximate surface area is 203 Å². The van der Waals surface area contributed by atoms with Gasteiger partial charge in [-0.05, 0) is 51.2 Å². The van der Waals surface area contributed by atoms with Crippen molar-refractivity contribution in [2.75, 3.05) is 13.2 Å². The summed E-state index contributed by atoms with van der Waals surface area (Å²) in [7, 11) is -1.41. The van der Waals surface area contributed by atoms with Gasteiger partial charge in [0, 0.05) is 17.4 Å². The quantitative estimate of drug-likeness (QED) is 0.381. The van der Waals surface area contributed by atoms with Crippen LogP contribution in [0.1, 0.15) is 47.0 Å². The first kappa shape index (κ1) is 27.5. The van der Waals surface area contributed by atoms with Gasteiger partial charge >= 0.3 is 6.09 Å². The van der Waals surface area contributed by atoms with Crippen LogP contribution in [-0.2, 0) is 29.9 Å². The molecule has 10 heteroatoms. The Morgan fingerprint density at radius 1 is 1.24 bits per heavy atom. The van der Waals surface area contributed by atoms with E-state index >= 15 is 0 Å². The summed E-state index contributed by atoms with van der Waals surface area (Å²) in [6.45, 7) is 7.70. The second-order valence-electron chi connectivity index (χ2n) is 9.51. The Balaban J connectivity index is 1.95. The average Bonchev–Trinajstić information content (AvgIpc) is 3.20. The molecule has 1 saturated heterocycles. The number of aldehydes is 1. The molecule has 0 saturated carbocycles. The van der Waals surface area contributed by atoms with E-state index in [1.165, 1.54) is 0 Å². The zero-order chi connectivity index (χ0) is 25.3. The molecule has 1 fully saturated rings. The predicted octanol–water partition coefficient (Wildman–Crippen LogP) is 1.92. The molecule has 188 valence electrons. The monoisotopic (exact) mass is 493 g/mol. The molecule has 0 spiro atoms. The van der Waals surface area contributed by atoms with Gasteiger partial charge in [0.2, 0.25) is 11.8 Å². The highest BCUT2D eigenvalue weighted by Crippen LogP contribution is 2.21. The Bertz CT molecular complexity index is 890. The van der Waals surface area contributed by atoms with Crippen molar-refractivity contribution in [1.82, 2.24) is 16.0 Å². The van der Waals surface area contributed by atoms with Crippen LogP contribution in [0.15, 0.2) is 35.2 Å². The van der Waals surface area contributed by atoms with Gasteiger partial charge in [0.25, 0.3) is 0 Å². The molecule has 0 radical (unpaired) electrons. The SMILES string of the molecule is CC(C)C[C@H](NC(=O)OCC(C)(C)S(=O)c1ccccc1)C(=O)N[C@H](C=O)C[C@@H]1CCNC1=O. The molecule has 9 nitrogen and oxygen atoms in total. The molecule has 3 amide bonds. The van der Waals surface area contributed by atoms with E-state index in [1.54, 1.807) is 38.1 Å². The van der Waals surface area contributed by atoms with Crippen molar-refractivity contribution < 1.29 is 28.1 Å². The van der Waals surface area contributed by atoms with Crippen LogP contribution < -0.4 is 16.0 Å². The number of nitrogens with one attached hydrogen (secondary N) is 3. The van der Waals surface area contributed by atoms with Gasteiger partial charge in [-0.3, -0.25) is 13.8 Å². The van der Waals surface area contributed by atoms with Crippen LogP contribution in [0, 0.1) is 11.8 Å². The molecule has 4 atom stereocenters. The second kappa shape index (κ2) is 12.6. The molecule has 3 N–H and O–H groups in total. The van der Waals surface area contributed by atoms with Gasteiger partial charge in [-0.1, -0.05) is 32.0 Å². The van der Waals surface area contributed by atoms with Crippen LogP contribution in [0.4, 0.5) is 4.79 Å². The molecule has 1 unspecified atom stereocenters. The van der Waals surface area contributed by atoms with Gasteiger partial charge in [-0.2, -0.15) is 0 Å². The lowest BCUT2D eigenvalue weighted by molar-refractivity contribution is -0.127. The molecule has 0 bridgehead atoms. The molecule has 1 aliphatic heterocycles. The molecule has 1 aromatic rings. The van der Waals surface area contributed by atoms with E-state index in [0.29, 0.717) is 30.6 Å². The summed E-state index contributed by atoms with van der Waals surface area (Å²) < 4.78 is 17.3. The Morgan fingerprint density at radius 3 is 2.47 bits per heavy atom. The fourth-order valence-electron chi connectivity index (χ4n) is 3.65. The van der Waals surface area contributed by atoms with E-state index in [-0.39, 0.29) is 30.8 Å². The Morgan fingerprint density at radius 2 is 1.91 bits per heavy atom. The summed E-state index contributed by atoms with van der Waals surface area (Å²) in [5.41, 5.74) is 0. The van der Waals surface area contributed by atoms with E-state index in [4.69, 9.17) is 4.74 Å². The highest BCUT2D eigenvalue weighted by atomic mass is 32.2.